The van der Waals surface area contributed by atoms with Gasteiger partial charge in [-0.25, -0.2) is 24.9 Å². The maximum Gasteiger partial charge on any atom is 0.227 e. The van der Waals surface area contributed by atoms with E-state index in [0.29, 0.717) is 23.4 Å². The van der Waals surface area contributed by atoms with Crippen molar-refractivity contribution in [1.82, 2.24) is 24.9 Å². The number of benzene rings is 6. The summed E-state index contributed by atoms with van der Waals surface area (Å²) in [7, 11) is 0. The highest BCUT2D eigenvalue weighted by atomic mass is 32.1. The van der Waals surface area contributed by atoms with E-state index in [9.17, 15) is 0 Å². The zero-order valence-corrected chi connectivity index (χ0v) is 28.1. The summed E-state index contributed by atoms with van der Waals surface area (Å²) in [6.07, 6.45) is 0. The van der Waals surface area contributed by atoms with E-state index >= 15 is 0 Å². The van der Waals surface area contributed by atoms with Crippen LogP contribution in [0.15, 0.2) is 144 Å². The Kier molecular flexibility index (Phi) is 7.33. The molecule has 50 heavy (non-hydrogen) atoms. The Bertz CT molecular complexity index is 2610. The molecule has 0 aliphatic carbocycles. The summed E-state index contributed by atoms with van der Waals surface area (Å²) >= 11 is 1.69. The van der Waals surface area contributed by atoms with Crippen LogP contribution in [0.2, 0.25) is 0 Å². The highest BCUT2D eigenvalue weighted by Gasteiger charge is 2.20. The molecule has 0 saturated heterocycles. The fourth-order valence-electron chi connectivity index (χ4n) is 6.33. The summed E-state index contributed by atoms with van der Waals surface area (Å²) in [6.45, 7) is 4.26. The summed E-state index contributed by atoms with van der Waals surface area (Å²) in [5, 5.41) is 0.985. The maximum atomic E-state index is 6.16. The first-order chi connectivity index (χ1) is 24.6. The van der Waals surface area contributed by atoms with Crippen molar-refractivity contribution in [2.75, 3.05) is 0 Å². The molecule has 7 heteroatoms. The lowest BCUT2D eigenvalue weighted by Gasteiger charge is -2.16. The molecule has 0 atom stereocenters. The predicted octanol–water partition coefficient (Wildman–Crippen LogP) is 11.2. The zero-order chi connectivity index (χ0) is 33.6. The van der Waals surface area contributed by atoms with E-state index < -0.39 is 0 Å². The molecule has 6 nitrogen and oxygen atoms in total. The van der Waals surface area contributed by atoms with Crippen LogP contribution in [0.5, 0.6) is 0 Å². The van der Waals surface area contributed by atoms with Crippen molar-refractivity contribution in [2.24, 2.45) is 0 Å². The average molecular weight is 664 g/mol. The molecule has 0 unspecified atom stereocenters. The normalized spacial score (nSPS) is 11.4. The number of rotatable bonds is 6. The Hall–Kier alpha value is -6.31. The van der Waals surface area contributed by atoms with Crippen LogP contribution in [-0.4, -0.2) is 24.9 Å². The minimum Gasteiger partial charge on any atom is -0.436 e. The lowest BCUT2D eigenvalue weighted by Crippen LogP contribution is -2.02. The van der Waals surface area contributed by atoms with E-state index in [2.05, 4.69) is 80.6 Å². The Labute approximate surface area is 292 Å². The van der Waals surface area contributed by atoms with Crippen molar-refractivity contribution >= 4 is 32.7 Å². The van der Waals surface area contributed by atoms with Crippen molar-refractivity contribution in [3.63, 3.8) is 0 Å². The van der Waals surface area contributed by atoms with Gasteiger partial charge in [-0.05, 0) is 72.5 Å². The first-order valence-electron chi connectivity index (χ1n) is 16.4. The van der Waals surface area contributed by atoms with Crippen LogP contribution in [0, 0.1) is 13.8 Å². The molecular formula is C43H29N5OS. The van der Waals surface area contributed by atoms with Crippen molar-refractivity contribution in [1.29, 1.82) is 0 Å². The van der Waals surface area contributed by atoms with Gasteiger partial charge < -0.3 is 4.42 Å². The minimum absolute atomic E-state index is 0.589. The largest absolute Gasteiger partial charge is 0.436 e. The van der Waals surface area contributed by atoms with Crippen LogP contribution in [0.4, 0.5) is 0 Å². The van der Waals surface area contributed by atoms with Gasteiger partial charge in [0.25, 0.3) is 0 Å². The molecule has 0 aliphatic rings. The zero-order valence-electron chi connectivity index (χ0n) is 27.3. The van der Waals surface area contributed by atoms with Gasteiger partial charge in [-0.1, -0.05) is 103 Å². The fraction of sp³-hybridized carbons (Fsp3) is 0.0465. The van der Waals surface area contributed by atoms with Gasteiger partial charge in [0.05, 0.1) is 10.2 Å². The monoisotopic (exact) mass is 663 g/mol. The van der Waals surface area contributed by atoms with Crippen LogP contribution in [0.25, 0.3) is 88.6 Å². The molecule has 3 aromatic heterocycles. The van der Waals surface area contributed by atoms with E-state index in [-0.39, 0.29) is 0 Å². The van der Waals surface area contributed by atoms with E-state index in [0.717, 1.165) is 71.7 Å². The molecule has 0 N–H and O–H groups in total. The molecule has 0 aliphatic heterocycles. The summed E-state index contributed by atoms with van der Waals surface area (Å²) in [4.78, 5) is 24.9. The summed E-state index contributed by atoms with van der Waals surface area (Å²) in [5.41, 5.74) is 11.7. The SMILES string of the molecule is Cc1ccc(-c2nc3ccccc3o2)cc1-c1c(C)cccc1-c1nc(-c2ccccc2)nc(-c2ccc(-c3nc4ccccc4s3)cc2)n1. The lowest BCUT2D eigenvalue weighted by atomic mass is 9.90. The van der Waals surface area contributed by atoms with Crippen LogP contribution >= 0.6 is 11.3 Å². The van der Waals surface area contributed by atoms with E-state index in [1.807, 2.05) is 72.8 Å². The Balaban J connectivity index is 1.17. The number of para-hydroxylation sites is 3. The van der Waals surface area contributed by atoms with Crippen molar-refractivity contribution < 1.29 is 4.42 Å². The molecular weight excluding hydrogens is 635 g/mol. The quantitative estimate of drug-likeness (QED) is 0.176. The number of hydrogen-bond acceptors (Lipinski definition) is 7. The third-order valence-electron chi connectivity index (χ3n) is 8.91. The first kappa shape index (κ1) is 29.8. The summed E-state index contributed by atoms with van der Waals surface area (Å²) in [5.74, 6) is 2.42. The summed E-state index contributed by atoms with van der Waals surface area (Å²) in [6, 6.07) is 47.1. The molecule has 0 bridgehead atoms. The first-order valence-corrected chi connectivity index (χ1v) is 17.2. The van der Waals surface area contributed by atoms with Gasteiger partial charge in [0.15, 0.2) is 23.1 Å². The third-order valence-corrected chi connectivity index (χ3v) is 10.00. The van der Waals surface area contributed by atoms with Crippen LogP contribution in [0.1, 0.15) is 11.1 Å². The smallest absolute Gasteiger partial charge is 0.227 e. The number of oxazole rings is 1. The van der Waals surface area contributed by atoms with Gasteiger partial charge in [0.2, 0.25) is 5.89 Å². The van der Waals surface area contributed by atoms with Gasteiger partial charge in [0.1, 0.15) is 10.5 Å². The van der Waals surface area contributed by atoms with E-state index in [1.165, 1.54) is 4.70 Å². The number of nitrogens with zero attached hydrogens (tertiary/aromatic N) is 5. The van der Waals surface area contributed by atoms with Crippen LogP contribution in [0.3, 0.4) is 0 Å². The topological polar surface area (TPSA) is 77.6 Å². The Morgan fingerprint density at radius 1 is 0.460 bits per heavy atom. The highest BCUT2D eigenvalue weighted by Crippen LogP contribution is 2.39. The highest BCUT2D eigenvalue weighted by molar-refractivity contribution is 7.21. The standard InChI is InChI=1S/C43H29N5OS/c1-26-19-20-31(42-44-34-15-6-8-17-36(34)49-42)25-33(26)38-27(2)11-10-14-32(38)41-47-39(28-12-4-3-5-13-28)46-40(48-41)29-21-23-30(24-22-29)43-45-35-16-7-9-18-37(35)50-43/h3-25H,1-2H3. The van der Waals surface area contributed by atoms with Gasteiger partial charge in [0, 0.05) is 27.8 Å². The maximum absolute atomic E-state index is 6.16. The van der Waals surface area contributed by atoms with Crippen LogP contribution < -0.4 is 0 Å². The van der Waals surface area contributed by atoms with Crippen LogP contribution in [-0.2, 0) is 0 Å². The predicted molar refractivity (Wildman–Crippen MR) is 203 cm³/mol. The summed E-state index contributed by atoms with van der Waals surface area (Å²) < 4.78 is 7.33. The number of thiazole rings is 1. The molecule has 0 amide bonds. The molecule has 0 radical (unpaired) electrons. The average Bonchev–Trinajstić information content (AvgIpc) is 3.81. The van der Waals surface area contributed by atoms with Gasteiger partial charge in [-0.3, -0.25) is 0 Å². The Morgan fingerprint density at radius 3 is 1.90 bits per heavy atom. The van der Waals surface area contributed by atoms with Crippen molar-refractivity contribution in [2.45, 2.75) is 13.8 Å². The molecule has 9 rings (SSSR count). The number of fused-ring (bicyclic) bond motifs is 2. The second-order valence-electron chi connectivity index (χ2n) is 12.3. The molecule has 238 valence electrons. The number of aryl methyl sites for hydroxylation is 2. The second kappa shape index (κ2) is 12.3. The fourth-order valence-corrected chi connectivity index (χ4v) is 7.30. The van der Waals surface area contributed by atoms with Gasteiger partial charge >= 0.3 is 0 Å². The van der Waals surface area contributed by atoms with Gasteiger partial charge in [-0.2, -0.15) is 0 Å². The molecule has 0 spiro atoms. The second-order valence-corrected chi connectivity index (χ2v) is 13.3. The van der Waals surface area contributed by atoms with Crippen molar-refractivity contribution in [3.05, 3.63) is 151 Å². The molecule has 0 fully saturated rings. The molecule has 6 aromatic carbocycles. The third kappa shape index (κ3) is 5.44. The van der Waals surface area contributed by atoms with E-state index in [4.69, 9.17) is 29.3 Å². The molecule has 0 saturated carbocycles. The van der Waals surface area contributed by atoms with E-state index in [1.54, 1.807) is 11.3 Å². The number of aromatic nitrogens is 5. The molecule has 3 heterocycles. The molecule has 9 aromatic rings. The number of hydrogen-bond donors (Lipinski definition) is 0. The van der Waals surface area contributed by atoms with Crippen molar-refractivity contribution in [3.8, 4) is 67.3 Å². The van der Waals surface area contributed by atoms with Gasteiger partial charge in [-0.15, -0.1) is 11.3 Å². The minimum atomic E-state index is 0.589. The lowest BCUT2D eigenvalue weighted by molar-refractivity contribution is 0.620. The Morgan fingerprint density at radius 2 is 1.12 bits per heavy atom.